The van der Waals surface area contributed by atoms with Crippen LogP contribution in [0.1, 0.15) is 6.92 Å². The van der Waals surface area contributed by atoms with E-state index in [0.717, 1.165) is 59.0 Å². The SMILES string of the molecule is CCOC(=O)CNc1nc(N2CCN(C)CC2)nc(NCCN2CCOCC2)c1N=Nc1ccccc1. The first-order chi connectivity index (χ1) is 18.1. The minimum absolute atomic E-state index is 0.0336. The number of carbonyl (C=O) groups excluding carboxylic acids is 1. The third kappa shape index (κ3) is 8.07. The van der Waals surface area contributed by atoms with E-state index in [1.165, 1.54) is 0 Å². The van der Waals surface area contributed by atoms with Crippen molar-refractivity contribution in [2.75, 3.05) is 101 Å². The number of likely N-dealkylation sites (N-methyl/N-ethyl adjacent to an activating group) is 1. The van der Waals surface area contributed by atoms with Crippen molar-refractivity contribution in [1.29, 1.82) is 0 Å². The Labute approximate surface area is 218 Å². The Kier molecular flexibility index (Phi) is 9.97. The summed E-state index contributed by atoms with van der Waals surface area (Å²) in [6.45, 7) is 10.4. The zero-order valence-corrected chi connectivity index (χ0v) is 21.7. The van der Waals surface area contributed by atoms with Crippen molar-refractivity contribution in [3.63, 3.8) is 0 Å². The molecule has 1 aromatic carbocycles. The van der Waals surface area contributed by atoms with Gasteiger partial charge in [-0.15, -0.1) is 5.11 Å². The summed E-state index contributed by atoms with van der Waals surface area (Å²) in [4.78, 5) is 28.6. The van der Waals surface area contributed by atoms with Crippen molar-refractivity contribution in [2.24, 2.45) is 10.2 Å². The second-order valence-corrected chi connectivity index (χ2v) is 8.93. The first kappa shape index (κ1) is 26.7. The summed E-state index contributed by atoms with van der Waals surface area (Å²) >= 11 is 0. The third-order valence-electron chi connectivity index (χ3n) is 6.21. The second-order valence-electron chi connectivity index (χ2n) is 8.93. The quantitative estimate of drug-likeness (QED) is 0.344. The second kappa shape index (κ2) is 13.8. The molecule has 3 heterocycles. The number of aromatic nitrogens is 2. The molecule has 12 heteroatoms. The predicted molar refractivity (Wildman–Crippen MR) is 143 cm³/mol. The van der Waals surface area contributed by atoms with Crippen LogP contribution >= 0.6 is 0 Å². The van der Waals surface area contributed by atoms with Crippen molar-refractivity contribution in [1.82, 2.24) is 19.8 Å². The van der Waals surface area contributed by atoms with Gasteiger partial charge in [0.15, 0.2) is 17.3 Å². The predicted octanol–water partition coefficient (Wildman–Crippen LogP) is 2.36. The molecule has 2 aliphatic heterocycles. The number of anilines is 3. The fourth-order valence-electron chi connectivity index (χ4n) is 4.06. The van der Waals surface area contributed by atoms with Crippen molar-refractivity contribution in [2.45, 2.75) is 6.92 Å². The maximum Gasteiger partial charge on any atom is 0.325 e. The van der Waals surface area contributed by atoms with Crippen LogP contribution in [0.4, 0.5) is 29.0 Å². The number of esters is 1. The Morgan fingerprint density at radius 2 is 1.70 bits per heavy atom. The van der Waals surface area contributed by atoms with Gasteiger partial charge in [-0.1, -0.05) is 18.2 Å². The van der Waals surface area contributed by atoms with Crippen LogP contribution in [0, 0.1) is 0 Å². The summed E-state index contributed by atoms with van der Waals surface area (Å²) in [7, 11) is 2.11. The molecule has 1 aromatic heterocycles. The smallest absolute Gasteiger partial charge is 0.325 e. The minimum Gasteiger partial charge on any atom is -0.465 e. The first-order valence-corrected chi connectivity index (χ1v) is 12.9. The van der Waals surface area contributed by atoms with Gasteiger partial charge in [0.25, 0.3) is 0 Å². The van der Waals surface area contributed by atoms with E-state index >= 15 is 0 Å². The number of morpholine rings is 1. The number of carbonyl (C=O) groups is 1. The molecule has 2 fully saturated rings. The molecule has 0 atom stereocenters. The van der Waals surface area contributed by atoms with Gasteiger partial charge in [-0.25, -0.2) is 0 Å². The minimum atomic E-state index is -0.366. The number of nitrogens with zero attached hydrogens (tertiary/aromatic N) is 7. The molecule has 0 saturated carbocycles. The van der Waals surface area contributed by atoms with Crippen molar-refractivity contribution >= 4 is 34.9 Å². The molecular formula is C25H37N9O3. The molecule has 0 amide bonds. The van der Waals surface area contributed by atoms with Crippen LogP contribution in [-0.2, 0) is 14.3 Å². The molecule has 2 saturated heterocycles. The van der Waals surface area contributed by atoms with E-state index in [1.807, 2.05) is 30.3 Å². The number of nitrogens with one attached hydrogen (secondary N) is 2. The molecule has 0 radical (unpaired) electrons. The molecule has 4 rings (SSSR count). The van der Waals surface area contributed by atoms with Crippen LogP contribution in [0.5, 0.6) is 0 Å². The van der Waals surface area contributed by atoms with Crippen LogP contribution in [0.25, 0.3) is 0 Å². The molecule has 2 aliphatic rings. The number of hydrogen-bond donors (Lipinski definition) is 2. The Balaban J connectivity index is 1.63. The van der Waals surface area contributed by atoms with Gasteiger partial charge < -0.3 is 29.9 Å². The normalized spacial score (nSPS) is 17.2. The molecule has 200 valence electrons. The lowest BCUT2D eigenvalue weighted by Crippen LogP contribution is -2.45. The zero-order chi connectivity index (χ0) is 25.9. The summed E-state index contributed by atoms with van der Waals surface area (Å²) in [5, 5.41) is 15.5. The number of benzene rings is 1. The van der Waals surface area contributed by atoms with E-state index in [2.05, 4.69) is 42.6 Å². The summed E-state index contributed by atoms with van der Waals surface area (Å²) < 4.78 is 10.6. The highest BCUT2D eigenvalue weighted by Crippen LogP contribution is 2.34. The Morgan fingerprint density at radius 3 is 2.41 bits per heavy atom. The lowest BCUT2D eigenvalue weighted by atomic mass is 10.3. The maximum absolute atomic E-state index is 12.1. The van der Waals surface area contributed by atoms with Crippen LogP contribution in [-0.4, -0.2) is 112 Å². The summed E-state index contributed by atoms with van der Waals surface area (Å²) in [6, 6.07) is 9.49. The average molecular weight is 512 g/mol. The van der Waals surface area contributed by atoms with Crippen LogP contribution in [0.3, 0.4) is 0 Å². The maximum atomic E-state index is 12.1. The number of hydrogen-bond acceptors (Lipinski definition) is 12. The standard InChI is InChI=1S/C25H37N9O3/c1-3-37-21(35)19-27-24-22(31-30-20-7-5-4-6-8-20)23(26-9-10-33-15-17-36-18-16-33)28-25(29-24)34-13-11-32(2)12-14-34/h4-8H,3,9-19H2,1-2H3,(H2,26,27,28,29). The first-order valence-electron chi connectivity index (χ1n) is 12.9. The third-order valence-corrected chi connectivity index (χ3v) is 6.21. The molecule has 0 unspecified atom stereocenters. The van der Waals surface area contributed by atoms with Crippen molar-refractivity contribution in [3.8, 4) is 0 Å². The highest BCUT2D eigenvalue weighted by molar-refractivity contribution is 5.80. The van der Waals surface area contributed by atoms with E-state index in [9.17, 15) is 4.79 Å². The highest BCUT2D eigenvalue weighted by Gasteiger charge is 2.22. The summed E-state index contributed by atoms with van der Waals surface area (Å²) in [6.07, 6.45) is 0. The molecular weight excluding hydrogens is 474 g/mol. The van der Waals surface area contributed by atoms with Crippen LogP contribution in [0.15, 0.2) is 40.6 Å². The average Bonchev–Trinajstić information content (AvgIpc) is 2.93. The molecule has 0 bridgehead atoms. The number of rotatable bonds is 11. The van der Waals surface area contributed by atoms with Gasteiger partial charge in [0.05, 0.1) is 25.5 Å². The molecule has 37 heavy (non-hydrogen) atoms. The lowest BCUT2D eigenvalue weighted by molar-refractivity contribution is -0.140. The van der Waals surface area contributed by atoms with Gasteiger partial charge in [0.1, 0.15) is 6.54 Å². The van der Waals surface area contributed by atoms with Gasteiger partial charge in [0, 0.05) is 52.4 Å². The number of azo groups is 1. The van der Waals surface area contributed by atoms with E-state index in [4.69, 9.17) is 19.4 Å². The van der Waals surface area contributed by atoms with Gasteiger partial charge in [-0.05, 0) is 26.1 Å². The van der Waals surface area contributed by atoms with Crippen molar-refractivity contribution in [3.05, 3.63) is 30.3 Å². The Bertz CT molecular complexity index is 1020. The highest BCUT2D eigenvalue weighted by atomic mass is 16.5. The summed E-state index contributed by atoms with van der Waals surface area (Å²) in [5.74, 6) is 1.23. The topological polar surface area (TPSA) is 120 Å². The molecule has 0 aliphatic carbocycles. The van der Waals surface area contributed by atoms with Gasteiger partial charge in [0.2, 0.25) is 5.95 Å². The fraction of sp³-hybridized carbons (Fsp3) is 0.560. The molecule has 12 nitrogen and oxygen atoms in total. The molecule has 0 spiro atoms. The van der Waals surface area contributed by atoms with Crippen LogP contribution < -0.4 is 15.5 Å². The van der Waals surface area contributed by atoms with Crippen molar-refractivity contribution < 1.29 is 14.3 Å². The van der Waals surface area contributed by atoms with Gasteiger partial charge in [-0.2, -0.15) is 15.1 Å². The monoisotopic (exact) mass is 511 g/mol. The zero-order valence-electron chi connectivity index (χ0n) is 21.7. The van der Waals surface area contributed by atoms with E-state index in [1.54, 1.807) is 6.92 Å². The Hall–Kier alpha value is -3.35. The largest absolute Gasteiger partial charge is 0.465 e. The van der Waals surface area contributed by atoms with E-state index in [0.29, 0.717) is 42.1 Å². The van der Waals surface area contributed by atoms with Gasteiger partial charge in [-0.3, -0.25) is 9.69 Å². The fourth-order valence-corrected chi connectivity index (χ4v) is 4.06. The van der Waals surface area contributed by atoms with Crippen LogP contribution in [0.2, 0.25) is 0 Å². The molecule has 2 aromatic rings. The number of ether oxygens (including phenoxy) is 2. The van der Waals surface area contributed by atoms with Gasteiger partial charge >= 0.3 is 5.97 Å². The number of piperazine rings is 1. The lowest BCUT2D eigenvalue weighted by Gasteiger charge is -2.33. The Morgan fingerprint density at radius 1 is 1.00 bits per heavy atom. The van der Waals surface area contributed by atoms with E-state index < -0.39 is 0 Å². The van der Waals surface area contributed by atoms with E-state index in [-0.39, 0.29) is 12.5 Å². The summed E-state index contributed by atoms with van der Waals surface area (Å²) in [5.41, 5.74) is 1.16. The molecule has 2 N–H and O–H groups in total.